The van der Waals surface area contributed by atoms with Gasteiger partial charge in [-0.3, -0.25) is 0 Å². The lowest BCUT2D eigenvalue weighted by Crippen LogP contribution is -2.44. The monoisotopic (exact) mass is 1970 g/mol. The summed E-state index contributed by atoms with van der Waals surface area (Å²) in [7, 11) is 8.64. The molecule has 3 aliphatic carbocycles. The van der Waals surface area contributed by atoms with Crippen molar-refractivity contribution in [2.75, 3.05) is 123 Å². The molecule has 4 aromatic heterocycles. The minimum Gasteiger partial charge on any atom is -0.462 e. The minimum absolute atomic E-state index is 0.00442. The first-order valence-electron chi connectivity index (χ1n) is 54.3. The molecule has 11 aromatic rings. The van der Waals surface area contributed by atoms with Gasteiger partial charge in [-0.2, -0.15) is 53.0 Å². The van der Waals surface area contributed by atoms with E-state index in [-0.39, 0.29) is 54.9 Å². The molecule has 9 atom stereocenters. The van der Waals surface area contributed by atoms with Gasteiger partial charge >= 0.3 is 30.2 Å². The minimum atomic E-state index is -4.47. The Hall–Kier alpha value is -10.9. The van der Waals surface area contributed by atoms with Crippen molar-refractivity contribution in [3.63, 3.8) is 0 Å². The van der Waals surface area contributed by atoms with Crippen molar-refractivity contribution in [2.45, 2.75) is 288 Å². The van der Waals surface area contributed by atoms with Crippen LogP contribution in [0, 0.1) is 38.7 Å². The second-order valence-electron chi connectivity index (χ2n) is 43.6. The number of allylic oxidation sites excluding steroid dienone is 2. The Morgan fingerprint density at radius 2 is 0.800 bits per heavy atom. The number of rotatable bonds is 21. The quantitative estimate of drug-likeness (QED) is 0.0614. The number of halogens is 3. The molecule has 145 heavy (non-hydrogen) atoms. The van der Waals surface area contributed by atoms with Crippen LogP contribution in [-0.4, -0.2) is 197 Å². The van der Waals surface area contributed by atoms with Gasteiger partial charge in [0.15, 0.2) is 0 Å². The summed E-state index contributed by atoms with van der Waals surface area (Å²) < 4.78 is 91.8. The van der Waals surface area contributed by atoms with E-state index in [4.69, 9.17) is 79.4 Å². The molecular formula is C119H144F3N15O8. The highest BCUT2D eigenvalue weighted by Crippen LogP contribution is 2.52. The van der Waals surface area contributed by atoms with Crippen LogP contribution in [-0.2, 0) is 77.2 Å². The maximum atomic E-state index is 13.7. The van der Waals surface area contributed by atoms with Gasteiger partial charge in [-0.25, -0.2) is 6.57 Å². The molecule has 4 unspecified atom stereocenters. The standard InChI is InChI=1S/C32H40N4O2.C30H37N3O2.C30H35N3O2.C27H32F3N5O2/c1-22-7-3-8-23-9-4-11-25(29(22)23)28-19-27-26(21-37-28)30(36-17-14-32(15-18-36)12-6-13-32)34-31(33-27)38-20-24-10-5-16-35(24)2;2*1-20-9-6-12-21-13-7-15-24(28(20)21)27-17-26-25(19-34-27)29(22-10-4-3-5-11-22)32-30(31-26)35-18-23-14-8-16-33(23)2;1-31-14-18-7-5-12-35(15-18)25-21-17-36-24(20-9-3-4-10-22(20)27(28,29)30)13-23(21)32-26(33-25)37-16-19-8-6-11-34(19)2/h3-4,7-9,11,24,28H,5-6,10,12-21H2,1-2H3;6-7,9,12-13,15,22-23,27H,3-5,8,10-11,14,16-19H2,1-2H3;6-7,9-10,12-13,15,23,27H,3-5,8,11,14,16-19H2,1-2H3;3-4,9-10,18-19,24H,5-8,11-17H2,2H3/t24-,28?;2*23-,27?;18-,19+,24?/m0000/s1. The lowest BCUT2D eigenvalue weighted by atomic mass is 9.63. The maximum Gasteiger partial charge on any atom is 0.416 e. The largest absolute Gasteiger partial charge is 0.462 e. The second kappa shape index (κ2) is 45.1. The Kier molecular flexibility index (Phi) is 31.1. The third kappa shape index (κ3) is 22.5. The van der Waals surface area contributed by atoms with Gasteiger partial charge in [-0.05, 0) is 292 Å². The molecule has 24 rings (SSSR count). The van der Waals surface area contributed by atoms with Crippen LogP contribution in [0.5, 0.6) is 24.0 Å². The summed E-state index contributed by atoms with van der Waals surface area (Å²) >= 11 is 0. The summed E-state index contributed by atoms with van der Waals surface area (Å²) in [5, 5.41) is 7.72. The van der Waals surface area contributed by atoms with E-state index in [0.717, 1.165) is 161 Å². The van der Waals surface area contributed by atoms with Crippen LogP contribution in [0.15, 0.2) is 140 Å². The number of ether oxygens (including phenoxy) is 8. The number of aryl methyl sites for hydroxylation is 3. The number of likely N-dealkylation sites (N-methyl/N-ethyl adjacent to an activating group) is 4. The second-order valence-corrected chi connectivity index (χ2v) is 43.6. The van der Waals surface area contributed by atoms with Gasteiger partial charge in [0, 0.05) is 110 Å². The molecule has 13 aliphatic rings. The lowest BCUT2D eigenvalue weighted by Gasteiger charge is -2.48. The molecule has 26 heteroatoms. The first-order valence-corrected chi connectivity index (χ1v) is 54.3. The average molecular weight is 1970 g/mol. The SMILES string of the molecule is Cc1cccc2cccc(C3Cc4nc(OC[C@@H]5CCCN5C)nc(C5=CCCCC5)c4CO3)c12.Cc1cccc2cccc(C3Cc4nc(OC[C@@H]5CCCN5C)nc(C5CCCCC5)c4CO3)c12.Cc1cccc2cccc(C3Cc4nc(OC[C@@H]5CCCN5C)nc(N5CCC6(CCC6)CC5)c4CO3)c12.[C-]#[N+]C[C@@H]1CCCN(c2nc(OC[C@H]3CCCN3C)nc3c2COC(c2ccccc2C(F)(F)F)C3)C1. The number of anilines is 2. The molecule has 764 valence electrons. The highest BCUT2D eigenvalue weighted by atomic mass is 19.4. The van der Waals surface area contributed by atoms with Crippen LogP contribution >= 0.6 is 0 Å². The van der Waals surface area contributed by atoms with Gasteiger partial charge in [0.05, 0.1) is 90.6 Å². The Morgan fingerprint density at radius 3 is 1.23 bits per heavy atom. The van der Waals surface area contributed by atoms with E-state index >= 15 is 0 Å². The molecule has 8 fully saturated rings. The fourth-order valence-electron chi connectivity index (χ4n) is 25.5. The summed E-state index contributed by atoms with van der Waals surface area (Å²) in [6.45, 7) is 26.6. The van der Waals surface area contributed by atoms with Gasteiger partial charge in [0.25, 0.3) is 0 Å². The number of nitrogens with zero attached hydrogens (tertiary/aromatic N) is 15. The molecule has 23 nitrogen and oxygen atoms in total. The Morgan fingerprint density at radius 1 is 0.393 bits per heavy atom. The van der Waals surface area contributed by atoms with E-state index in [1.807, 2.05) is 0 Å². The number of hydrogen-bond acceptors (Lipinski definition) is 22. The fraction of sp³-hybridized carbons (Fsp3) is 0.538. The number of fused-ring (bicyclic) bond motifs is 7. The van der Waals surface area contributed by atoms with Crippen molar-refractivity contribution in [3.8, 4) is 24.0 Å². The number of alkyl halides is 3. The normalized spacial score (nSPS) is 24.0. The molecule has 2 saturated carbocycles. The van der Waals surface area contributed by atoms with Gasteiger partial charge < -0.3 is 72.1 Å². The van der Waals surface area contributed by atoms with Crippen molar-refractivity contribution in [1.82, 2.24) is 59.5 Å². The van der Waals surface area contributed by atoms with Gasteiger partial charge in [-0.1, -0.05) is 159 Å². The molecule has 7 aromatic carbocycles. The molecule has 1 spiro atoms. The molecule has 0 bridgehead atoms. The molecule has 10 aliphatic heterocycles. The number of hydrogen-bond donors (Lipinski definition) is 0. The average Bonchev–Trinajstić information content (AvgIpc) is 1.02. The highest BCUT2D eigenvalue weighted by Gasteiger charge is 2.44. The van der Waals surface area contributed by atoms with E-state index < -0.39 is 17.8 Å². The lowest BCUT2D eigenvalue weighted by molar-refractivity contribution is -0.139. The van der Waals surface area contributed by atoms with Crippen LogP contribution in [0.1, 0.15) is 285 Å². The highest BCUT2D eigenvalue weighted by molar-refractivity contribution is 5.91. The third-order valence-corrected chi connectivity index (χ3v) is 34.2. The first kappa shape index (κ1) is 100. The molecule has 0 amide bonds. The zero-order valence-corrected chi connectivity index (χ0v) is 86.0. The van der Waals surface area contributed by atoms with Gasteiger partial charge in [0.2, 0.25) is 6.54 Å². The van der Waals surface area contributed by atoms with Gasteiger partial charge in [0.1, 0.15) is 38.1 Å². The summed E-state index contributed by atoms with van der Waals surface area (Å²) in [6, 6.07) is 48.3. The van der Waals surface area contributed by atoms with Crippen LogP contribution in [0.25, 0.3) is 42.7 Å². The van der Waals surface area contributed by atoms with Crippen molar-refractivity contribution in [2.24, 2.45) is 11.3 Å². The molecule has 0 radical (unpaired) electrons. The molecule has 0 N–H and O–H groups in total. The summed E-state index contributed by atoms with van der Waals surface area (Å²) in [5.41, 5.74) is 19.5. The van der Waals surface area contributed by atoms with E-state index in [9.17, 15) is 13.2 Å². The Balaban J connectivity index is 0.000000114. The number of benzene rings is 7. The summed E-state index contributed by atoms with van der Waals surface area (Å²) in [5.74, 6) is 2.52. The van der Waals surface area contributed by atoms with E-state index in [1.165, 1.54) is 210 Å². The molecule has 14 heterocycles. The van der Waals surface area contributed by atoms with Crippen LogP contribution < -0.4 is 28.7 Å². The van der Waals surface area contributed by atoms with E-state index in [2.05, 4.69) is 203 Å². The van der Waals surface area contributed by atoms with Crippen LogP contribution in [0.4, 0.5) is 24.8 Å². The Bertz CT molecular complexity index is 6480. The predicted molar refractivity (Wildman–Crippen MR) is 562 cm³/mol. The summed E-state index contributed by atoms with van der Waals surface area (Å²) in [4.78, 5) is 57.2. The van der Waals surface area contributed by atoms with E-state index in [0.29, 0.717) is 113 Å². The zero-order valence-electron chi connectivity index (χ0n) is 86.0. The summed E-state index contributed by atoms with van der Waals surface area (Å²) in [6.07, 6.45) is 28.6. The maximum absolute atomic E-state index is 13.7. The number of piperidine rings is 2. The zero-order chi connectivity index (χ0) is 99.2. The smallest absolute Gasteiger partial charge is 0.416 e. The predicted octanol–water partition coefficient (Wildman–Crippen LogP) is 23.4. The van der Waals surface area contributed by atoms with Crippen LogP contribution in [0.3, 0.4) is 0 Å². The third-order valence-electron chi connectivity index (χ3n) is 34.2. The molecular weight excluding hydrogens is 1820 g/mol. The fourth-order valence-corrected chi connectivity index (χ4v) is 25.5. The molecule has 6 saturated heterocycles. The number of likely N-dealkylation sites (tertiary alicyclic amines) is 4. The van der Waals surface area contributed by atoms with Crippen molar-refractivity contribution in [1.29, 1.82) is 0 Å². The van der Waals surface area contributed by atoms with E-state index in [1.54, 1.807) is 6.07 Å². The van der Waals surface area contributed by atoms with Crippen molar-refractivity contribution in [3.05, 3.63) is 252 Å². The number of aromatic nitrogens is 8. The Labute approximate surface area is 853 Å². The van der Waals surface area contributed by atoms with Crippen molar-refractivity contribution < 1.29 is 51.1 Å². The van der Waals surface area contributed by atoms with Crippen molar-refractivity contribution >= 4 is 49.5 Å². The van der Waals surface area contributed by atoms with Crippen LogP contribution in [0.2, 0.25) is 0 Å². The topological polar surface area (TPSA) is 201 Å². The first-order chi connectivity index (χ1) is 70.8. The van der Waals surface area contributed by atoms with Gasteiger partial charge in [-0.15, -0.1) is 0 Å².